The smallest absolute Gasteiger partial charge is 0.409 e. The molecule has 6 nitrogen and oxygen atoms in total. The molecule has 1 spiro atoms. The maximum atomic E-state index is 12.4. The quantitative estimate of drug-likeness (QED) is 0.746. The molecular weight excluding hydrogens is 414 g/mol. The van der Waals surface area contributed by atoms with Crippen LogP contribution in [0.15, 0.2) is 28.7 Å². The van der Waals surface area contributed by atoms with Crippen molar-refractivity contribution in [1.82, 2.24) is 4.90 Å². The van der Waals surface area contributed by atoms with Crippen molar-refractivity contribution in [3.05, 3.63) is 34.3 Å². The molecule has 1 unspecified atom stereocenters. The highest BCUT2D eigenvalue weighted by Crippen LogP contribution is 2.42. The van der Waals surface area contributed by atoms with Gasteiger partial charge in [0.05, 0.1) is 32.0 Å². The Kier molecular flexibility index (Phi) is 6.46. The van der Waals surface area contributed by atoms with Crippen LogP contribution in [0.25, 0.3) is 0 Å². The number of methoxy groups -OCH3 is 1. The molecule has 0 aromatic heterocycles. The van der Waals surface area contributed by atoms with Crippen molar-refractivity contribution < 1.29 is 24.1 Å². The van der Waals surface area contributed by atoms with Gasteiger partial charge in [0, 0.05) is 23.9 Å². The normalized spacial score (nSPS) is 25.3. The van der Waals surface area contributed by atoms with Crippen LogP contribution in [0.3, 0.4) is 0 Å². The number of halogens is 1. The number of ether oxygens (including phenoxy) is 3. The van der Waals surface area contributed by atoms with Crippen molar-refractivity contribution in [1.29, 1.82) is 0 Å². The van der Waals surface area contributed by atoms with Gasteiger partial charge in [0.25, 0.3) is 0 Å². The standard InChI is InChI=1S/C20H28BrNO5/c1-15(16-4-6-17(21)7-5-16)22(18(23)25-2)11-10-19(24)8-3-9-20(14-19)26-12-13-27-20/h4-7,15,24H,3,8-14H2,1-2H3/t15-,19?/m0/s1. The highest BCUT2D eigenvalue weighted by molar-refractivity contribution is 9.10. The summed E-state index contributed by atoms with van der Waals surface area (Å²) in [7, 11) is 1.38. The van der Waals surface area contributed by atoms with Crippen molar-refractivity contribution in [3.63, 3.8) is 0 Å². The van der Waals surface area contributed by atoms with E-state index in [2.05, 4.69) is 15.9 Å². The molecular formula is C20H28BrNO5. The number of hydrogen-bond donors (Lipinski definition) is 1. The van der Waals surface area contributed by atoms with E-state index < -0.39 is 17.5 Å². The predicted molar refractivity (Wildman–Crippen MR) is 104 cm³/mol. The molecule has 0 bridgehead atoms. The molecule has 2 atom stereocenters. The lowest BCUT2D eigenvalue weighted by molar-refractivity contribution is -0.219. The summed E-state index contributed by atoms with van der Waals surface area (Å²) in [6.45, 7) is 3.52. The third-order valence-electron chi connectivity index (χ3n) is 5.66. The molecule has 0 radical (unpaired) electrons. The Balaban J connectivity index is 1.69. The second-order valence-corrected chi connectivity index (χ2v) is 8.42. The number of rotatable bonds is 5. The Hall–Kier alpha value is -1.15. The molecule has 1 amide bonds. The lowest BCUT2D eigenvalue weighted by atomic mass is 9.78. The van der Waals surface area contributed by atoms with Crippen molar-refractivity contribution in [2.45, 2.75) is 56.5 Å². The molecule has 1 N–H and O–H groups in total. The third kappa shape index (κ3) is 4.83. The predicted octanol–water partition coefficient (Wildman–Crippen LogP) is 4.02. The number of aliphatic hydroxyl groups is 1. The van der Waals surface area contributed by atoms with E-state index >= 15 is 0 Å². The number of hydrogen-bond acceptors (Lipinski definition) is 5. The van der Waals surface area contributed by atoms with Crippen LogP contribution < -0.4 is 0 Å². The van der Waals surface area contributed by atoms with Gasteiger partial charge in [0.2, 0.25) is 0 Å². The minimum atomic E-state index is -0.908. The van der Waals surface area contributed by atoms with Gasteiger partial charge in [0.1, 0.15) is 0 Å². The van der Waals surface area contributed by atoms with Crippen LogP contribution >= 0.6 is 15.9 Å². The van der Waals surface area contributed by atoms with Crippen LogP contribution in [-0.4, -0.2) is 54.4 Å². The topological polar surface area (TPSA) is 68.2 Å². The second kappa shape index (κ2) is 8.47. The van der Waals surface area contributed by atoms with Gasteiger partial charge >= 0.3 is 6.09 Å². The fourth-order valence-electron chi connectivity index (χ4n) is 4.13. The lowest BCUT2D eigenvalue weighted by Crippen LogP contribution is -2.48. The van der Waals surface area contributed by atoms with Crippen molar-refractivity contribution in [3.8, 4) is 0 Å². The van der Waals surface area contributed by atoms with Crippen LogP contribution in [0.4, 0.5) is 4.79 Å². The summed E-state index contributed by atoms with van der Waals surface area (Å²) < 4.78 is 17.6. The van der Waals surface area contributed by atoms with Crippen LogP contribution in [0.2, 0.25) is 0 Å². The summed E-state index contributed by atoms with van der Waals surface area (Å²) in [6.07, 6.45) is 2.85. The SMILES string of the molecule is COC(=O)N(CCC1(O)CCCC2(C1)OCCO2)[C@@H](C)c1ccc(Br)cc1. The van der Waals surface area contributed by atoms with Gasteiger partial charge in [-0.05, 0) is 43.9 Å². The van der Waals surface area contributed by atoms with E-state index in [0.29, 0.717) is 39.0 Å². The minimum absolute atomic E-state index is 0.161. The first kappa shape index (κ1) is 20.6. The molecule has 1 saturated heterocycles. The highest BCUT2D eigenvalue weighted by Gasteiger charge is 2.47. The Morgan fingerprint density at radius 1 is 1.30 bits per heavy atom. The van der Waals surface area contributed by atoms with Gasteiger partial charge in [-0.3, -0.25) is 0 Å². The van der Waals surface area contributed by atoms with Gasteiger partial charge < -0.3 is 24.2 Å². The molecule has 1 aliphatic carbocycles. The fourth-order valence-corrected chi connectivity index (χ4v) is 4.40. The minimum Gasteiger partial charge on any atom is -0.453 e. The van der Waals surface area contributed by atoms with Gasteiger partial charge in [-0.25, -0.2) is 4.79 Å². The Labute approximate surface area is 168 Å². The number of carbonyl (C=O) groups is 1. The summed E-state index contributed by atoms with van der Waals surface area (Å²) in [4.78, 5) is 14.0. The molecule has 1 saturated carbocycles. The van der Waals surface area contributed by atoms with E-state index in [9.17, 15) is 9.90 Å². The zero-order valence-electron chi connectivity index (χ0n) is 15.9. The highest BCUT2D eigenvalue weighted by atomic mass is 79.9. The van der Waals surface area contributed by atoms with Crippen LogP contribution in [0, 0.1) is 0 Å². The van der Waals surface area contributed by atoms with Crippen molar-refractivity contribution in [2.75, 3.05) is 26.9 Å². The Morgan fingerprint density at radius 2 is 1.96 bits per heavy atom. The second-order valence-electron chi connectivity index (χ2n) is 7.50. The number of nitrogens with zero attached hydrogens (tertiary/aromatic N) is 1. The number of carbonyl (C=O) groups excluding carboxylic acids is 1. The zero-order chi connectivity index (χ0) is 19.5. The summed E-state index contributed by atoms with van der Waals surface area (Å²) in [5.74, 6) is -0.652. The van der Waals surface area contributed by atoms with Gasteiger partial charge in [0.15, 0.2) is 5.79 Å². The number of amides is 1. The van der Waals surface area contributed by atoms with Gasteiger partial charge in [-0.1, -0.05) is 28.1 Å². The van der Waals surface area contributed by atoms with Gasteiger partial charge in [-0.2, -0.15) is 0 Å². The molecule has 3 rings (SSSR count). The molecule has 1 heterocycles. The molecule has 2 aliphatic rings. The number of benzene rings is 1. The van der Waals surface area contributed by atoms with E-state index in [0.717, 1.165) is 22.9 Å². The molecule has 7 heteroatoms. The maximum Gasteiger partial charge on any atom is 0.409 e. The molecule has 2 fully saturated rings. The summed E-state index contributed by atoms with van der Waals surface area (Å²) in [5, 5.41) is 11.1. The molecule has 27 heavy (non-hydrogen) atoms. The largest absolute Gasteiger partial charge is 0.453 e. The van der Waals surface area contributed by atoms with E-state index in [-0.39, 0.29) is 6.04 Å². The fraction of sp³-hybridized carbons (Fsp3) is 0.650. The van der Waals surface area contributed by atoms with E-state index in [1.54, 1.807) is 4.90 Å². The molecule has 1 aromatic carbocycles. The van der Waals surface area contributed by atoms with Crippen LogP contribution in [0.1, 0.15) is 50.6 Å². The summed E-state index contributed by atoms with van der Waals surface area (Å²) in [6, 6.07) is 7.71. The average molecular weight is 442 g/mol. The first-order chi connectivity index (χ1) is 12.9. The van der Waals surface area contributed by atoms with Crippen LogP contribution in [0.5, 0.6) is 0 Å². The monoisotopic (exact) mass is 441 g/mol. The lowest BCUT2D eigenvalue weighted by Gasteiger charge is -2.42. The van der Waals surface area contributed by atoms with E-state index in [4.69, 9.17) is 14.2 Å². The maximum absolute atomic E-state index is 12.4. The summed E-state index contributed by atoms with van der Waals surface area (Å²) in [5.41, 5.74) is 0.104. The Morgan fingerprint density at radius 3 is 2.59 bits per heavy atom. The summed E-state index contributed by atoms with van der Waals surface area (Å²) >= 11 is 3.43. The molecule has 1 aliphatic heterocycles. The van der Waals surface area contributed by atoms with E-state index in [1.807, 2.05) is 31.2 Å². The average Bonchev–Trinajstić information content (AvgIpc) is 3.09. The third-order valence-corrected chi connectivity index (χ3v) is 6.19. The zero-order valence-corrected chi connectivity index (χ0v) is 17.5. The van der Waals surface area contributed by atoms with E-state index in [1.165, 1.54) is 7.11 Å². The first-order valence-corrected chi connectivity index (χ1v) is 10.3. The first-order valence-electron chi connectivity index (χ1n) is 9.47. The molecule has 1 aromatic rings. The van der Waals surface area contributed by atoms with Gasteiger partial charge in [-0.15, -0.1) is 0 Å². The molecule has 150 valence electrons. The van der Waals surface area contributed by atoms with Crippen molar-refractivity contribution in [2.24, 2.45) is 0 Å². The van der Waals surface area contributed by atoms with Crippen molar-refractivity contribution >= 4 is 22.0 Å². The van der Waals surface area contributed by atoms with Crippen LogP contribution in [-0.2, 0) is 14.2 Å². The Bertz CT molecular complexity index is 646.